The molecular formula is C35H42N4O2. The molecule has 0 radical (unpaired) electrons. The van der Waals surface area contributed by atoms with Crippen molar-refractivity contribution in [3.8, 4) is 16.9 Å². The molecule has 1 aromatic heterocycles. The zero-order chi connectivity index (χ0) is 28.8. The smallest absolute Gasteiger partial charge is 0.258 e. The summed E-state index contributed by atoms with van der Waals surface area (Å²) < 4.78 is 8.03. The molecule has 1 aliphatic rings. The van der Waals surface area contributed by atoms with Crippen LogP contribution in [0.15, 0.2) is 83.7 Å². The number of aryl methyl sites for hydroxylation is 1. The fraction of sp³-hybridized carbons (Fsp3) is 0.371. The van der Waals surface area contributed by atoms with E-state index in [-0.39, 0.29) is 11.4 Å². The third-order valence-electron chi connectivity index (χ3n) is 8.48. The Bertz CT molecular complexity index is 1540. The largest absolute Gasteiger partial charge is 0.489 e. The molecule has 0 unspecified atom stereocenters. The third kappa shape index (κ3) is 6.88. The van der Waals surface area contributed by atoms with Crippen LogP contribution >= 0.6 is 0 Å². The van der Waals surface area contributed by atoms with E-state index < -0.39 is 0 Å². The van der Waals surface area contributed by atoms with Gasteiger partial charge in [0.25, 0.3) is 5.56 Å². The maximum Gasteiger partial charge on any atom is 0.258 e. The summed E-state index contributed by atoms with van der Waals surface area (Å²) in [7, 11) is 0. The van der Waals surface area contributed by atoms with Gasteiger partial charge in [-0.1, -0.05) is 61.4 Å². The first-order valence-electron chi connectivity index (χ1n) is 15.0. The number of amidine groups is 1. The van der Waals surface area contributed by atoms with Crippen LogP contribution in [0, 0.1) is 5.41 Å². The first kappa shape index (κ1) is 28.6. The number of benzene rings is 3. The van der Waals surface area contributed by atoms with Crippen molar-refractivity contribution in [3.63, 3.8) is 0 Å². The first-order valence-corrected chi connectivity index (χ1v) is 15.0. The van der Waals surface area contributed by atoms with Crippen LogP contribution in [0.5, 0.6) is 5.75 Å². The Morgan fingerprint density at radius 3 is 2.41 bits per heavy atom. The van der Waals surface area contributed by atoms with E-state index in [9.17, 15) is 4.79 Å². The average molecular weight is 551 g/mol. The van der Waals surface area contributed by atoms with Gasteiger partial charge in [0.1, 0.15) is 18.2 Å². The summed E-state index contributed by atoms with van der Waals surface area (Å²) in [6.07, 6.45) is 7.04. The van der Waals surface area contributed by atoms with Gasteiger partial charge in [0.05, 0.1) is 5.52 Å². The summed E-state index contributed by atoms with van der Waals surface area (Å²) in [4.78, 5) is 16.6. The highest BCUT2D eigenvalue weighted by Crippen LogP contribution is 2.27. The number of nitrogens with zero attached hydrogens (tertiary/aromatic N) is 2. The highest BCUT2D eigenvalue weighted by atomic mass is 16.5. The summed E-state index contributed by atoms with van der Waals surface area (Å²) in [5.74, 6) is 0.736. The number of unbranched alkanes of at least 4 members (excludes halogenated alkanes) is 2. The van der Waals surface area contributed by atoms with Crippen LogP contribution < -0.4 is 16.0 Å². The van der Waals surface area contributed by atoms with Crippen LogP contribution in [0.2, 0.25) is 0 Å². The topological polar surface area (TPSA) is 84.3 Å². The number of likely N-dealkylation sites (tertiary alicyclic amines) is 1. The second-order valence-corrected chi connectivity index (χ2v) is 11.4. The number of aromatic nitrogens is 1. The summed E-state index contributed by atoms with van der Waals surface area (Å²) in [5, 5.41) is 8.84. The molecule has 214 valence electrons. The standard InChI is InChI=1S/C35H42N4O2/c1-25-11-9-12-26(2)38(25)19-7-4-8-20-39-33-23-31(41-24-27-13-5-3-6-14-27)18-17-29(33)22-32(35(39)40)28-15-10-16-30(21-28)34(36)37/h3,5-6,10,13-18,21-23,25-26H,4,7-9,11-12,19-20,24H2,1-2H3,(H3,36,37)/t25-,26+. The molecule has 5 rings (SSSR count). The highest BCUT2D eigenvalue weighted by molar-refractivity contribution is 5.96. The Morgan fingerprint density at radius 2 is 1.66 bits per heavy atom. The van der Waals surface area contributed by atoms with Crippen molar-refractivity contribution in [2.24, 2.45) is 5.73 Å². The Balaban J connectivity index is 1.40. The zero-order valence-electron chi connectivity index (χ0n) is 24.3. The first-order chi connectivity index (χ1) is 19.9. The number of ether oxygens (including phenoxy) is 1. The number of piperidine rings is 1. The van der Waals surface area contributed by atoms with E-state index in [1.165, 1.54) is 19.3 Å². The average Bonchev–Trinajstić information content (AvgIpc) is 2.98. The zero-order valence-corrected chi connectivity index (χ0v) is 24.3. The molecule has 41 heavy (non-hydrogen) atoms. The third-order valence-corrected chi connectivity index (χ3v) is 8.48. The van der Waals surface area contributed by atoms with Crippen LogP contribution in [0.3, 0.4) is 0 Å². The molecule has 6 nitrogen and oxygen atoms in total. The molecule has 1 saturated heterocycles. The van der Waals surface area contributed by atoms with E-state index in [1.807, 2.05) is 77.4 Å². The molecule has 1 fully saturated rings. The van der Waals surface area contributed by atoms with Crippen molar-refractivity contribution in [3.05, 3.63) is 100 Å². The van der Waals surface area contributed by atoms with Crippen molar-refractivity contribution < 1.29 is 4.74 Å². The minimum absolute atomic E-state index is 0.00878. The molecule has 0 aliphatic carbocycles. The Hall–Kier alpha value is -3.90. The van der Waals surface area contributed by atoms with Crippen LogP contribution in [-0.2, 0) is 13.2 Å². The van der Waals surface area contributed by atoms with Gasteiger partial charge in [-0.25, -0.2) is 0 Å². The van der Waals surface area contributed by atoms with Crippen molar-refractivity contribution in [2.45, 2.75) is 77.6 Å². The lowest BCUT2D eigenvalue weighted by Gasteiger charge is -2.39. The van der Waals surface area contributed by atoms with E-state index in [2.05, 4.69) is 18.7 Å². The molecule has 3 aromatic carbocycles. The molecule has 4 aromatic rings. The van der Waals surface area contributed by atoms with Gasteiger partial charge in [0, 0.05) is 35.8 Å². The number of fused-ring (bicyclic) bond motifs is 1. The second kappa shape index (κ2) is 13.2. The van der Waals surface area contributed by atoms with Crippen LogP contribution in [0.1, 0.15) is 63.5 Å². The summed E-state index contributed by atoms with van der Waals surface area (Å²) in [6, 6.07) is 26.7. The van der Waals surface area contributed by atoms with Gasteiger partial charge in [-0.3, -0.25) is 15.1 Å². The molecule has 2 atom stereocenters. The molecule has 6 heteroatoms. The normalized spacial score (nSPS) is 17.5. The Labute approximate surface area is 243 Å². The van der Waals surface area contributed by atoms with Gasteiger partial charge < -0.3 is 15.0 Å². The van der Waals surface area contributed by atoms with Crippen molar-refractivity contribution in [1.29, 1.82) is 5.41 Å². The Kier molecular flexibility index (Phi) is 9.20. The number of nitrogen functional groups attached to an aromatic ring is 1. The summed E-state index contributed by atoms with van der Waals surface area (Å²) >= 11 is 0. The van der Waals surface area contributed by atoms with E-state index >= 15 is 0 Å². The van der Waals surface area contributed by atoms with Gasteiger partial charge in [-0.15, -0.1) is 0 Å². The fourth-order valence-corrected chi connectivity index (χ4v) is 6.12. The van der Waals surface area contributed by atoms with Gasteiger partial charge >= 0.3 is 0 Å². The quantitative estimate of drug-likeness (QED) is 0.120. The monoisotopic (exact) mass is 550 g/mol. The van der Waals surface area contributed by atoms with Gasteiger partial charge in [0.2, 0.25) is 0 Å². The molecule has 2 heterocycles. The number of hydrogen-bond donors (Lipinski definition) is 2. The molecule has 0 spiro atoms. The van der Waals surface area contributed by atoms with E-state index in [1.54, 1.807) is 6.07 Å². The lowest BCUT2D eigenvalue weighted by Crippen LogP contribution is -2.44. The maximum atomic E-state index is 14.0. The van der Waals surface area contributed by atoms with Crippen LogP contribution in [0.4, 0.5) is 0 Å². The summed E-state index contributed by atoms with van der Waals surface area (Å²) in [5.41, 5.74) is 9.71. The van der Waals surface area contributed by atoms with Crippen LogP contribution in [-0.4, -0.2) is 33.9 Å². The van der Waals surface area contributed by atoms with Crippen molar-refractivity contribution in [1.82, 2.24) is 9.47 Å². The van der Waals surface area contributed by atoms with E-state index in [4.69, 9.17) is 15.9 Å². The van der Waals surface area contributed by atoms with E-state index in [0.29, 0.717) is 36.4 Å². The molecule has 3 N–H and O–H groups in total. The van der Waals surface area contributed by atoms with Gasteiger partial charge in [-0.2, -0.15) is 0 Å². The number of rotatable bonds is 11. The van der Waals surface area contributed by atoms with Gasteiger partial charge in [-0.05, 0) is 86.9 Å². The number of nitrogens with one attached hydrogen (secondary N) is 1. The Morgan fingerprint density at radius 1 is 0.902 bits per heavy atom. The van der Waals surface area contributed by atoms with Crippen LogP contribution in [0.25, 0.3) is 22.0 Å². The number of nitrogens with two attached hydrogens (primary N) is 1. The fourth-order valence-electron chi connectivity index (χ4n) is 6.12. The molecule has 1 aliphatic heterocycles. The lowest BCUT2D eigenvalue weighted by molar-refractivity contribution is 0.101. The van der Waals surface area contributed by atoms with Crippen molar-refractivity contribution in [2.75, 3.05) is 6.54 Å². The second-order valence-electron chi connectivity index (χ2n) is 11.4. The summed E-state index contributed by atoms with van der Waals surface area (Å²) in [6.45, 7) is 6.94. The SMILES string of the molecule is C[C@@H]1CCC[C@H](C)N1CCCCCn1c(=O)c(-c2cccc(C(=N)N)c2)cc2ccc(OCc3ccccc3)cc21. The molecule has 0 saturated carbocycles. The highest BCUT2D eigenvalue weighted by Gasteiger charge is 2.23. The number of pyridine rings is 1. The number of hydrogen-bond acceptors (Lipinski definition) is 4. The minimum Gasteiger partial charge on any atom is -0.489 e. The molecule has 0 bridgehead atoms. The van der Waals surface area contributed by atoms with E-state index in [0.717, 1.165) is 53.6 Å². The van der Waals surface area contributed by atoms with Gasteiger partial charge in [0.15, 0.2) is 0 Å². The minimum atomic E-state index is -0.0308. The predicted octanol–water partition coefficient (Wildman–Crippen LogP) is 6.96. The lowest BCUT2D eigenvalue weighted by atomic mass is 9.97. The molecular weight excluding hydrogens is 508 g/mol. The van der Waals surface area contributed by atoms with Crippen molar-refractivity contribution >= 4 is 16.7 Å². The molecule has 0 amide bonds. The predicted molar refractivity (Wildman–Crippen MR) is 169 cm³/mol. The maximum absolute atomic E-state index is 14.0.